The molecule has 0 fully saturated rings. The molecule has 32 heavy (non-hydrogen) atoms. The number of nitrogens with one attached hydrogen (secondary N) is 2. The molecule has 0 heterocycles. The van der Waals surface area contributed by atoms with E-state index in [0.717, 1.165) is 4.90 Å². The van der Waals surface area contributed by atoms with Crippen molar-refractivity contribution in [2.24, 2.45) is 0 Å². The normalized spacial score (nSPS) is 11.5. The Hall–Kier alpha value is -3.00. The minimum absolute atomic E-state index is 0.0715. The highest BCUT2D eigenvalue weighted by molar-refractivity contribution is 8.00. The number of aromatic carboxylic acids is 1. The van der Waals surface area contributed by atoms with E-state index in [4.69, 9.17) is 23.2 Å². The molecule has 3 aromatic carbocycles. The van der Waals surface area contributed by atoms with Gasteiger partial charge < -0.3 is 15.7 Å². The van der Waals surface area contributed by atoms with Crippen LogP contribution in [0.25, 0.3) is 0 Å². The first kappa shape index (κ1) is 23.7. The summed E-state index contributed by atoms with van der Waals surface area (Å²) in [7, 11) is 0. The van der Waals surface area contributed by atoms with E-state index in [1.165, 1.54) is 23.9 Å². The van der Waals surface area contributed by atoms with Crippen LogP contribution in [0.1, 0.15) is 27.6 Å². The maximum atomic E-state index is 12.5. The molecule has 9 heteroatoms. The first-order chi connectivity index (χ1) is 15.2. The van der Waals surface area contributed by atoms with E-state index < -0.39 is 17.1 Å². The average molecular weight is 489 g/mol. The van der Waals surface area contributed by atoms with Crippen LogP contribution < -0.4 is 10.6 Å². The van der Waals surface area contributed by atoms with Gasteiger partial charge in [0.2, 0.25) is 5.91 Å². The largest absolute Gasteiger partial charge is 0.478 e. The van der Waals surface area contributed by atoms with Gasteiger partial charge in [-0.2, -0.15) is 0 Å². The van der Waals surface area contributed by atoms with Gasteiger partial charge in [0.1, 0.15) is 0 Å². The van der Waals surface area contributed by atoms with Crippen molar-refractivity contribution in [2.75, 3.05) is 10.6 Å². The number of carbonyl (C=O) groups is 3. The molecule has 0 saturated carbocycles. The van der Waals surface area contributed by atoms with E-state index in [2.05, 4.69) is 10.6 Å². The number of halogens is 2. The van der Waals surface area contributed by atoms with Crippen molar-refractivity contribution in [1.29, 1.82) is 0 Å². The molecule has 0 aliphatic heterocycles. The number of hydrogen-bond donors (Lipinski definition) is 3. The van der Waals surface area contributed by atoms with E-state index in [1.807, 2.05) is 0 Å². The molecule has 3 rings (SSSR count). The Morgan fingerprint density at radius 3 is 2.19 bits per heavy atom. The van der Waals surface area contributed by atoms with Crippen LogP contribution in [0.2, 0.25) is 10.0 Å². The zero-order valence-corrected chi connectivity index (χ0v) is 19.1. The fourth-order valence-corrected chi connectivity index (χ4v) is 4.09. The molecule has 3 aromatic rings. The van der Waals surface area contributed by atoms with Gasteiger partial charge in [0.05, 0.1) is 27.1 Å². The van der Waals surface area contributed by atoms with Crippen molar-refractivity contribution in [1.82, 2.24) is 0 Å². The molecule has 0 spiro atoms. The van der Waals surface area contributed by atoms with Crippen LogP contribution in [0.15, 0.2) is 71.6 Å². The Bertz CT molecular complexity index is 1170. The minimum Gasteiger partial charge on any atom is -0.478 e. The second-order valence-electron chi connectivity index (χ2n) is 6.70. The topological polar surface area (TPSA) is 95.5 Å². The van der Waals surface area contributed by atoms with E-state index in [-0.39, 0.29) is 17.0 Å². The fraction of sp³-hybridized carbons (Fsp3) is 0.0870. The first-order valence-corrected chi connectivity index (χ1v) is 11.0. The van der Waals surface area contributed by atoms with Crippen molar-refractivity contribution >= 4 is 64.1 Å². The maximum absolute atomic E-state index is 12.5. The van der Waals surface area contributed by atoms with Gasteiger partial charge in [-0.05, 0) is 61.5 Å². The van der Waals surface area contributed by atoms with E-state index in [9.17, 15) is 19.5 Å². The lowest BCUT2D eigenvalue weighted by Gasteiger charge is -2.13. The number of carbonyl (C=O) groups excluding carboxylic acids is 2. The number of carboxylic acids is 1. The summed E-state index contributed by atoms with van der Waals surface area (Å²) in [6.45, 7) is 1.77. The molecule has 164 valence electrons. The van der Waals surface area contributed by atoms with Gasteiger partial charge in [0.15, 0.2) is 0 Å². The zero-order chi connectivity index (χ0) is 23.3. The molecule has 0 bridgehead atoms. The summed E-state index contributed by atoms with van der Waals surface area (Å²) >= 11 is 13.3. The number of benzene rings is 3. The third-order valence-corrected chi connectivity index (χ3v) is 6.05. The lowest BCUT2D eigenvalue weighted by molar-refractivity contribution is -0.115. The molecule has 1 atom stereocenters. The summed E-state index contributed by atoms with van der Waals surface area (Å²) < 4.78 is 0. The summed E-state index contributed by atoms with van der Waals surface area (Å²) in [5, 5.41) is 15.1. The first-order valence-electron chi connectivity index (χ1n) is 9.41. The Balaban J connectivity index is 1.61. The minimum atomic E-state index is -1.17. The second kappa shape index (κ2) is 10.5. The Kier molecular flexibility index (Phi) is 7.80. The molecular formula is C23H18Cl2N2O4S. The van der Waals surface area contributed by atoms with Gasteiger partial charge >= 0.3 is 5.97 Å². The van der Waals surface area contributed by atoms with Crippen LogP contribution in [-0.2, 0) is 4.79 Å². The molecular weight excluding hydrogens is 471 g/mol. The molecule has 0 saturated heterocycles. The van der Waals surface area contributed by atoms with Gasteiger partial charge in [-0.3, -0.25) is 9.59 Å². The van der Waals surface area contributed by atoms with Gasteiger partial charge in [0.25, 0.3) is 5.91 Å². The Labute approximate surface area is 198 Å². The molecule has 2 amide bonds. The summed E-state index contributed by atoms with van der Waals surface area (Å²) in [5.41, 5.74) is 0.986. The van der Waals surface area contributed by atoms with Gasteiger partial charge in [-0.25, -0.2) is 4.79 Å². The molecule has 0 aliphatic rings. The molecule has 6 nitrogen and oxygen atoms in total. The van der Waals surface area contributed by atoms with Crippen LogP contribution in [0, 0.1) is 0 Å². The van der Waals surface area contributed by atoms with Gasteiger partial charge in [-0.1, -0.05) is 35.3 Å². The summed E-state index contributed by atoms with van der Waals surface area (Å²) in [5.74, 6) is -1.91. The molecule has 0 aliphatic carbocycles. The van der Waals surface area contributed by atoms with E-state index in [1.54, 1.807) is 61.5 Å². The summed E-state index contributed by atoms with van der Waals surface area (Å²) in [4.78, 5) is 37.1. The summed E-state index contributed by atoms with van der Waals surface area (Å²) in [6, 6.07) is 17.7. The molecule has 3 N–H and O–H groups in total. The average Bonchev–Trinajstić information content (AvgIpc) is 2.76. The summed E-state index contributed by atoms with van der Waals surface area (Å²) in [6.07, 6.45) is 0. The number of anilines is 2. The van der Waals surface area contributed by atoms with Crippen LogP contribution >= 0.6 is 35.0 Å². The number of carboxylic acid groups (broad SMARTS) is 1. The quantitative estimate of drug-likeness (QED) is 0.351. The van der Waals surface area contributed by atoms with Crippen LogP contribution in [0.4, 0.5) is 11.4 Å². The van der Waals surface area contributed by atoms with Crippen molar-refractivity contribution < 1.29 is 19.5 Å². The number of rotatable bonds is 7. The predicted octanol–water partition coefficient (Wildman–Crippen LogP) is 6.06. The highest BCUT2D eigenvalue weighted by atomic mass is 35.5. The van der Waals surface area contributed by atoms with Gasteiger partial charge in [-0.15, -0.1) is 11.8 Å². The number of thioether (sulfide) groups is 1. The lowest BCUT2D eigenvalue weighted by Crippen LogP contribution is -2.22. The van der Waals surface area contributed by atoms with Crippen LogP contribution in [0.3, 0.4) is 0 Å². The van der Waals surface area contributed by atoms with Crippen molar-refractivity contribution in [3.63, 3.8) is 0 Å². The molecule has 0 aromatic heterocycles. The molecule has 0 radical (unpaired) electrons. The third kappa shape index (κ3) is 6.03. The smallest absolute Gasteiger partial charge is 0.336 e. The predicted molar refractivity (Wildman–Crippen MR) is 128 cm³/mol. The van der Waals surface area contributed by atoms with Crippen molar-refractivity contribution in [3.8, 4) is 0 Å². The van der Waals surface area contributed by atoms with Crippen molar-refractivity contribution in [3.05, 3.63) is 87.9 Å². The van der Waals surface area contributed by atoms with E-state index in [0.29, 0.717) is 21.4 Å². The second-order valence-corrected chi connectivity index (χ2v) is 8.96. The third-order valence-electron chi connectivity index (χ3n) is 4.39. The maximum Gasteiger partial charge on any atom is 0.336 e. The highest BCUT2D eigenvalue weighted by Gasteiger charge is 2.17. The zero-order valence-electron chi connectivity index (χ0n) is 16.8. The monoisotopic (exact) mass is 488 g/mol. The lowest BCUT2D eigenvalue weighted by atomic mass is 10.1. The number of hydrogen-bond acceptors (Lipinski definition) is 4. The van der Waals surface area contributed by atoms with Crippen LogP contribution in [-0.4, -0.2) is 28.1 Å². The highest BCUT2D eigenvalue weighted by Crippen LogP contribution is 2.29. The standard InChI is InChI=1S/C23H18Cl2N2O4S/c1-13(21(28)27-20-11-6-14(24)12-19(20)25)32-16-9-7-15(8-10-16)26-22(29)17-4-2-3-5-18(17)23(30)31/h2-13H,1H3,(H,26,29)(H,27,28)(H,30,31). The Morgan fingerprint density at radius 1 is 0.906 bits per heavy atom. The van der Waals surface area contributed by atoms with Crippen LogP contribution in [0.5, 0.6) is 0 Å². The van der Waals surface area contributed by atoms with Crippen molar-refractivity contribution in [2.45, 2.75) is 17.1 Å². The van der Waals surface area contributed by atoms with Gasteiger partial charge in [0, 0.05) is 15.6 Å². The fourth-order valence-electron chi connectivity index (χ4n) is 2.77. The molecule has 1 unspecified atom stereocenters. The SMILES string of the molecule is CC(Sc1ccc(NC(=O)c2ccccc2C(=O)O)cc1)C(=O)Nc1ccc(Cl)cc1Cl. The van der Waals surface area contributed by atoms with E-state index >= 15 is 0 Å². The Morgan fingerprint density at radius 2 is 1.56 bits per heavy atom. The number of amides is 2.